The van der Waals surface area contributed by atoms with Crippen LogP contribution in [0.1, 0.15) is 5.56 Å². The van der Waals surface area contributed by atoms with Crippen molar-refractivity contribution in [3.63, 3.8) is 0 Å². The van der Waals surface area contributed by atoms with Gasteiger partial charge in [-0.15, -0.1) is 0 Å². The van der Waals surface area contributed by atoms with Crippen molar-refractivity contribution in [2.45, 2.75) is 13.5 Å². The largest absolute Gasteiger partial charge is 0.356 e. The number of rotatable bonds is 4. The molecule has 0 spiro atoms. The summed E-state index contributed by atoms with van der Waals surface area (Å²) >= 11 is 0. The third-order valence-electron chi connectivity index (χ3n) is 5.29. The molecule has 6 heteroatoms. The zero-order valence-electron chi connectivity index (χ0n) is 14.0. The second kappa shape index (κ2) is 6.36. The van der Waals surface area contributed by atoms with E-state index in [1.165, 1.54) is 0 Å². The Hall–Kier alpha value is -2.21. The van der Waals surface area contributed by atoms with Gasteiger partial charge < -0.3 is 14.4 Å². The SMILES string of the molecule is Cc1cncnc1N1CC2CN(CCn3ccccc3=O)CC2C1. The Labute approximate surface area is 141 Å². The summed E-state index contributed by atoms with van der Waals surface area (Å²) in [4.78, 5) is 25.2. The molecule has 4 heterocycles. The number of anilines is 1. The Morgan fingerprint density at radius 3 is 2.62 bits per heavy atom. The lowest BCUT2D eigenvalue weighted by Crippen LogP contribution is -2.33. The van der Waals surface area contributed by atoms with Gasteiger partial charge in [0.05, 0.1) is 0 Å². The zero-order chi connectivity index (χ0) is 16.5. The number of likely N-dealkylation sites (tertiary alicyclic amines) is 1. The Balaban J connectivity index is 1.34. The third kappa shape index (κ3) is 2.94. The first-order chi connectivity index (χ1) is 11.7. The molecule has 0 radical (unpaired) electrons. The Morgan fingerprint density at radius 2 is 1.92 bits per heavy atom. The second-order valence-corrected chi connectivity index (χ2v) is 6.95. The fourth-order valence-corrected chi connectivity index (χ4v) is 4.06. The lowest BCUT2D eigenvalue weighted by Gasteiger charge is -2.23. The monoisotopic (exact) mass is 325 g/mol. The minimum Gasteiger partial charge on any atom is -0.356 e. The predicted octanol–water partition coefficient (Wildman–Crippen LogP) is 1.01. The van der Waals surface area contributed by atoms with E-state index in [9.17, 15) is 4.79 Å². The number of nitrogens with zero attached hydrogens (tertiary/aromatic N) is 5. The Morgan fingerprint density at radius 1 is 1.12 bits per heavy atom. The molecule has 126 valence electrons. The maximum atomic E-state index is 11.8. The lowest BCUT2D eigenvalue weighted by atomic mass is 10.0. The minimum absolute atomic E-state index is 0.0855. The molecular weight excluding hydrogens is 302 g/mol. The van der Waals surface area contributed by atoms with Crippen molar-refractivity contribution < 1.29 is 0 Å². The van der Waals surface area contributed by atoms with Crippen molar-refractivity contribution in [2.24, 2.45) is 11.8 Å². The highest BCUT2D eigenvalue weighted by Gasteiger charge is 2.40. The highest BCUT2D eigenvalue weighted by molar-refractivity contribution is 5.46. The van der Waals surface area contributed by atoms with Gasteiger partial charge >= 0.3 is 0 Å². The molecule has 0 aliphatic carbocycles. The quantitative estimate of drug-likeness (QED) is 0.840. The van der Waals surface area contributed by atoms with E-state index >= 15 is 0 Å². The molecule has 2 saturated heterocycles. The molecule has 0 saturated carbocycles. The fourth-order valence-electron chi connectivity index (χ4n) is 4.06. The van der Waals surface area contributed by atoms with Crippen molar-refractivity contribution in [1.29, 1.82) is 0 Å². The van der Waals surface area contributed by atoms with Crippen LogP contribution >= 0.6 is 0 Å². The van der Waals surface area contributed by atoms with Crippen molar-refractivity contribution in [3.8, 4) is 0 Å². The number of fused-ring (bicyclic) bond motifs is 1. The second-order valence-electron chi connectivity index (χ2n) is 6.95. The molecule has 2 aliphatic heterocycles. The van der Waals surface area contributed by atoms with Crippen LogP contribution in [0.15, 0.2) is 41.7 Å². The maximum Gasteiger partial charge on any atom is 0.250 e. The number of hydrogen-bond acceptors (Lipinski definition) is 5. The van der Waals surface area contributed by atoms with Crippen LogP contribution in [0, 0.1) is 18.8 Å². The predicted molar refractivity (Wildman–Crippen MR) is 93.1 cm³/mol. The normalized spacial score (nSPS) is 23.6. The van der Waals surface area contributed by atoms with E-state index in [1.54, 1.807) is 23.0 Å². The van der Waals surface area contributed by atoms with Gasteiger partial charge in [0.25, 0.3) is 5.56 Å². The summed E-state index contributed by atoms with van der Waals surface area (Å²) in [7, 11) is 0. The van der Waals surface area contributed by atoms with E-state index < -0.39 is 0 Å². The van der Waals surface area contributed by atoms with Crippen LogP contribution in [-0.2, 0) is 6.54 Å². The summed E-state index contributed by atoms with van der Waals surface area (Å²) in [6, 6.07) is 5.34. The molecule has 0 bridgehead atoms. The number of aromatic nitrogens is 3. The van der Waals surface area contributed by atoms with E-state index in [2.05, 4.69) is 26.7 Å². The molecule has 0 aromatic carbocycles. The molecule has 2 atom stereocenters. The summed E-state index contributed by atoms with van der Waals surface area (Å²) < 4.78 is 1.80. The zero-order valence-corrected chi connectivity index (χ0v) is 14.0. The van der Waals surface area contributed by atoms with E-state index in [1.807, 2.05) is 18.5 Å². The fraction of sp³-hybridized carbons (Fsp3) is 0.500. The molecule has 2 aromatic rings. The average Bonchev–Trinajstić information content (AvgIpc) is 3.13. The summed E-state index contributed by atoms with van der Waals surface area (Å²) in [5.74, 6) is 2.49. The van der Waals surface area contributed by atoms with Gasteiger partial charge in [0.15, 0.2) is 0 Å². The first kappa shape index (κ1) is 15.3. The third-order valence-corrected chi connectivity index (χ3v) is 5.29. The van der Waals surface area contributed by atoms with Crippen LogP contribution < -0.4 is 10.5 Å². The van der Waals surface area contributed by atoms with Crippen LogP contribution in [0.4, 0.5) is 5.82 Å². The lowest BCUT2D eigenvalue weighted by molar-refractivity contribution is 0.301. The molecule has 2 aromatic heterocycles. The van der Waals surface area contributed by atoms with Crippen molar-refractivity contribution in [1.82, 2.24) is 19.4 Å². The molecule has 0 amide bonds. The molecule has 6 nitrogen and oxygen atoms in total. The molecule has 2 unspecified atom stereocenters. The summed E-state index contributed by atoms with van der Waals surface area (Å²) in [6.45, 7) is 8.18. The topological polar surface area (TPSA) is 54.3 Å². The van der Waals surface area contributed by atoms with Crippen LogP contribution in [-0.4, -0.2) is 52.2 Å². The molecule has 4 rings (SSSR count). The standard InChI is InChI=1S/C18H23N5O/c1-14-8-19-13-20-18(14)23-11-15-9-21(10-16(15)12-23)6-7-22-5-3-2-4-17(22)24/h2-5,8,13,15-16H,6-7,9-12H2,1H3. The van der Waals surface area contributed by atoms with Crippen LogP contribution in [0.5, 0.6) is 0 Å². The molecule has 2 fully saturated rings. The highest BCUT2D eigenvalue weighted by Crippen LogP contribution is 2.33. The van der Waals surface area contributed by atoms with Gasteiger partial charge in [0.2, 0.25) is 0 Å². The van der Waals surface area contributed by atoms with E-state index in [0.717, 1.165) is 50.6 Å². The van der Waals surface area contributed by atoms with Gasteiger partial charge in [-0.25, -0.2) is 9.97 Å². The number of aryl methyl sites for hydroxylation is 1. The minimum atomic E-state index is 0.0855. The summed E-state index contributed by atoms with van der Waals surface area (Å²) in [6.07, 6.45) is 5.40. The van der Waals surface area contributed by atoms with Crippen molar-refractivity contribution >= 4 is 5.82 Å². The van der Waals surface area contributed by atoms with Gasteiger partial charge in [-0.05, 0) is 24.8 Å². The van der Waals surface area contributed by atoms with E-state index in [4.69, 9.17) is 0 Å². The van der Waals surface area contributed by atoms with Gasteiger partial charge in [-0.3, -0.25) is 4.79 Å². The molecule has 0 N–H and O–H groups in total. The highest BCUT2D eigenvalue weighted by atomic mass is 16.1. The summed E-state index contributed by atoms with van der Waals surface area (Å²) in [5, 5.41) is 0. The van der Waals surface area contributed by atoms with Crippen LogP contribution in [0.2, 0.25) is 0 Å². The smallest absolute Gasteiger partial charge is 0.250 e. The Bertz CT molecular complexity index is 760. The van der Waals surface area contributed by atoms with Crippen LogP contribution in [0.25, 0.3) is 0 Å². The van der Waals surface area contributed by atoms with E-state index in [-0.39, 0.29) is 5.56 Å². The van der Waals surface area contributed by atoms with Crippen molar-refractivity contribution in [3.05, 3.63) is 52.8 Å². The van der Waals surface area contributed by atoms with Gasteiger partial charge in [0.1, 0.15) is 12.1 Å². The first-order valence-corrected chi connectivity index (χ1v) is 8.60. The number of pyridine rings is 1. The van der Waals surface area contributed by atoms with Gasteiger partial charge in [0, 0.05) is 63.3 Å². The van der Waals surface area contributed by atoms with Gasteiger partial charge in [-0.2, -0.15) is 0 Å². The Kier molecular flexibility index (Phi) is 4.06. The van der Waals surface area contributed by atoms with Gasteiger partial charge in [-0.1, -0.05) is 6.07 Å². The average molecular weight is 325 g/mol. The van der Waals surface area contributed by atoms with E-state index in [0.29, 0.717) is 11.8 Å². The summed E-state index contributed by atoms with van der Waals surface area (Å²) in [5.41, 5.74) is 1.24. The molecule has 2 aliphatic rings. The molecular formula is C18H23N5O. The molecule has 24 heavy (non-hydrogen) atoms. The first-order valence-electron chi connectivity index (χ1n) is 8.60. The maximum absolute atomic E-state index is 11.8. The number of hydrogen-bond donors (Lipinski definition) is 0. The van der Waals surface area contributed by atoms with Crippen molar-refractivity contribution in [2.75, 3.05) is 37.6 Å². The van der Waals surface area contributed by atoms with Crippen LogP contribution in [0.3, 0.4) is 0 Å².